The molecule has 1 unspecified atom stereocenters. The Morgan fingerprint density at radius 1 is 1.20 bits per heavy atom. The van der Waals surface area contributed by atoms with Crippen molar-refractivity contribution < 1.29 is 14.6 Å². The summed E-state index contributed by atoms with van der Waals surface area (Å²) in [5, 5.41) is 9.19. The van der Waals surface area contributed by atoms with E-state index in [1.54, 1.807) is 30.0 Å². The molecule has 102 valence electrons. The topological polar surface area (TPSA) is 46.5 Å². The predicted molar refractivity (Wildman–Crippen MR) is 77.9 cm³/mol. The van der Waals surface area contributed by atoms with Gasteiger partial charge in [-0.1, -0.05) is 30.0 Å². The summed E-state index contributed by atoms with van der Waals surface area (Å²) >= 11 is 7.64. The van der Waals surface area contributed by atoms with Crippen LogP contribution in [0.3, 0.4) is 0 Å². The average Bonchev–Trinajstić information content (AvgIpc) is 2.44. The Bertz CT molecular complexity index is 697. The Kier molecular flexibility index (Phi) is 3.15. The lowest BCUT2D eigenvalue weighted by Gasteiger charge is -2.23. The van der Waals surface area contributed by atoms with Crippen LogP contribution in [0.15, 0.2) is 52.3 Å². The maximum atomic E-state index is 11.2. The molecule has 1 aliphatic heterocycles. The summed E-state index contributed by atoms with van der Waals surface area (Å²) < 4.78 is 5.79. The molecule has 2 aromatic carbocycles. The maximum Gasteiger partial charge on any atom is 0.329 e. The predicted octanol–water partition coefficient (Wildman–Crippen LogP) is 4.48. The van der Waals surface area contributed by atoms with Crippen LogP contribution in [0.4, 0.5) is 0 Å². The first-order valence-corrected chi connectivity index (χ1v) is 7.19. The molecular weight excluding hydrogens is 296 g/mol. The van der Waals surface area contributed by atoms with E-state index in [0.29, 0.717) is 5.56 Å². The van der Waals surface area contributed by atoms with Crippen LogP contribution < -0.4 is 4.74 Å². The van der Waals surface area contributed by atoms with Crippen molar-refractivity contribution in [3.05, 3.63) is 48.0 Å². The van der Waals surface area contributed by atoms with Crippen molar-refractivity contribution in [3.63, 3.8) is 0 Å². The van der Waals surface area contributed by atoms with Crippen LogP contribution in [0.5, 0.6) is 11.5 Å². The second-order valence-electron chi connectivity index (χ2n) is 4.62. The average molecular weight is 307 g/mol. The molecule has 0 radical (unpaired) electrons. The molecule has 3 nitrogen and oxygen atoms in total. The Morgan fingerprint density at radius 2 is 1.90 bits per heavy atom. The molecule has 0 spiro atoms. The zero-order valence-electron chi connectivity index (χ0n) is 10.6. The SMILES string of the molecule is CC(Cl)(C(=O)O)c1ccc2c(c1)Sc1ccccc1O2. The van der Waals surface area contributed by atoms with Gasteiger partial charge in [-0.25, -0.2) is 4.79 Å². The van der Waals surface area contributed by atoms with E-state index < -0.39 is 10.8 Å². The van der Waals surface area contributed by atoms with Gasteiger partial charge < -0.3 is 9.84 Å². The van der Waals surface area contributed by atoms with Crippen LogP contribution >= 0.6 is 23.4 Å². The van der Waals surface area contributed by atoms with Crippen LogP contribution in [-0.2, 0) is 9.67 Å². The van der Waals surface area contributed by atoms with Crippen molar-refractivity contribution in [1.29, 1.82) is 0 Å². The van der Waals surface area contributed by atoms with Crippen molar-refractivity contribution >= 4 is 29.3 Å². The van der Waals surface area contributed by atoms with Gasteiger partial charge in [-0.3, -0.25) is 0 Å². The van der Waals surface area contributed by atoms with Crippen LogP contribution in [0.2, 0.25) is 0 Å². The quantitative estimate of drug-likeness (QED) is 0.709. The van der Waals surface area contributed by atoms with Gasteiger partial charge in [-0.2, -0.15) is 0 Å². The number of carboxylic acids is 1. The standard InChI is InChI=1S/C15H11ClO3S/c1-15(16,14(17)18)9-6-7-11-13(8-9)20-12-5-3-2-4-10(12)19-11/h2-8H,1H3,(H,17,18). The van der Waals surface area contributed by atoms with Crippen LogP contribution in [0.1, 0.15) is 12.5 Å². The Morgan fingerprint density at radius 3 is 2.65 bits per heavy atom. The summed E-state index contributed by atoms with van der Waals surface area (Å²) in [6.07, 6.45) is 0. The van der Waals surface area contributed by atoms with E-state index >= 15 is 0 Å². The number of benzene rings is 2. The van der Waals surface area contributed by atoms with Crippen molar-refractivity contribution in [2.75, 3.05) is 0 Å². The fraction of sp³-hybridized carbons (Fsp3) is 0.133. The van der Waals surface area contributed by atoms with Gasteiger partial charge in [0.25, 0.3) is 0 Å². The van der Waals surface area contributed by atoms with Crippen LogP contribution in [-0.4, -0.2) is 11.1 Å². The first-order valence-electron chi connectivity index (χ1n) is 6.00. The smallest absolute Gasteiger partial charge is 0.329 e. The lowest BCUT2D eigenvalue weighted by Crippen LogP contribution is -2.25. The zero-order valence-corrected chi connectivity index (χ0v) is 12.2. The minimum Gasteiger partial charge on any atom is -0.480 e. The number of aliphatic carboxylic acids is 1. The third-order valence-corrected chi connectivity index (χ3v) is 4.65. The van der Waals surface area contributed by atoms with E-state index in [0.717, 1.165) is 21.3 Å². The number of carbonyl (C=O) groups is 1. The third kappa shape index (κ3) is 2.15. The molecule has 0 saturated heterocycles. The van der Waals surface area contributed by atoms with Gasteiger partial charge in [0.15, 0.2) is 4.87 Å². The molecule has 5 heteroatoms. The van der Waals surface area contributed by atoms with Crippen LogP contribution in [0.25, 0.3) is 0 Å². The number of hydrogen-bond donors (Lipinski definition) is 1. The minimum atomic E-state index is -1.44. The van der Waals surface area contributed by atoms with E-state index in [4.69, 9.17) is 16.3 Å². The van der Waals surface area contributed by atoms with E-state index in [2.05, 4.69) is 0 Å². The largest absolute Gasteiger partial charge is 0.480 e. The highest BCUT2D eigenvalue weighted by atomic mass is 35.5. The van der Waals surface area contributed by atoms with Gasteiger partial charge in [0, 0.05) is 0 Å². The van der Waals surface area contributed by atoms with E-state index in [1.165, 1.54) is 6.92 Å². The molecule has 20 heavy (non-hydrogen) atoms. The van der Waals surface area contributed by atoms with Crippen LogP contribution in [0, 0.1) is 0 Å². The molecule has 3 rings (SSSR count). The van der Waals surface area contributed by atoms with E-state index in [-0.39, 0.29) is 0 Å². The molecule has 1 atom stereocenters. The number of alkyl halides is 1. The summed E-state index contributed by atoms with van der Waals surface area (Å²) in [6, 6.07) is 12.9. The first-order chi connectivity index (χ1) is 9.48. The van der Waals surface area contributed by atoms with Crippen molar-refractivity contribution in [2.45, 2.75) is 21.6 Å². The second kappa shape index (κ2) is 4.72. The number of carboxylic acid groups (broad SMARTS) is 1. The maximum absolute atomic E-state index is 11.2. The van der Waals surface area contributed by atoms with Gasteiger partial charge >= 0.3 is 5.97 Å². The molecule has 0 fully saturated rings. The molecule has 0 aromatic heterocycles. The Hall–Kier alpha value is -1.65. The van der Waals surface area contributed by atoms with E-state index in [9.17, 15) is 9.90 Å². The van der Waals surface area contributed by atoms with Gasteiger partial charge in [-0.05, 0) is 36.8 Å². The Balaban J connectivity index is 2.02. The summed E-state index contributed by atoms with van der Waals surface area (Å²) in [7, 11) is 0. The summed E-state index contributed by atoms with van der Waals surface area (Å²) in [5.74, 6) is 0.459. The number of ether oxygens (including phenoxy) is 1. The van der Waals surface area contributed by atoms with Gasteiger partial charge in [0.1, 0.15) is 11.5 Å². The first kappa shape index (κ1) is 13.3. The molecule has 2 aromatic rings. The van der Waals surface area contributed by atoms with Gasteiger partial charge in [0.2, 0.25) is 0 Å². The van der Waals surface area contributed by atoms with Crippen molar-refractivity contribution in [2.24, 2.45) is 0 Å². The normalized spacial score (nSPS) is 15.5. The summed E-state index contributed by atoms with van der Waals surface area (Å²) in [4.78, 5) is 11.7. The van der Waals surface area contributed by atoms with Crippen molar-refractivity contribution in [3.8, 4) is 11.5 Å². The van der Waals surface area contributed by atoms with Crippen molar-refractivity contribution in [1.82, 2.24) is 0 Å². The number of fused-ring (bicyclic) bond motifs is 2. The fourth-order valence-corrected chi connectivity index (χ4v) is 3.05. The second-order valence-corrected chi connectivity index (χ2v) is 6.46. The van der Waals surface area contributed by atoms with E-state index in [1.807, 2.05) is 24.3 Å². The fourth-order valence-electron chi connectivity index (χ4n) is 1.94. The molecule has 1 N–H and O–H groups in total. The number of hydrogen-bond acceptors (Lipinski definition) is 3. The zero-order chi connectivity index (χ0) is 14.3. The molecule has 0 aliphatic carbocycles. The summed E-state index contributed by atoms with van der Waals surface area (Å²) in [5.41, 5.74) is 0.542. The molecule has 0 amide bonds. The highest BCUT2D eigenvalue weighted by Crippen LogP contribution is 2.48. The number of rotatable bonds is 2. The minimum absolute atomic E-state index is 0.542. The van der Waals surface area contributed by atoms with Gasteiger partial charge in [0.05, 0.1) is 9.79 Å². The lowest BCUT2D eigenvalue weighted by molar-refractivity contribution is -0.140. The summed E-state index contributed by atoms with van der Waals surface area (Å²) in [6.45, 7) is 1.47. The number of halogens is 1. The monoisotopic (exact) mass is 306 g/mol. The molecule has 1 aliphatic rings. The lowest BCUT2D eigenvalue weighted by atomic mass is 10.0. The Labute approximate surface area is 125 Å². The molecule has 1 heterocycles. The molecule has 0 saturated carbocycles. The highest BCUT2D eigenvalue weighted by Gasteiger charge is 2.33. The molecule has 0 bridgehead atoms. The highest BCUT2D eigenvalue weighted by molar-refractivity contribution is 7.99. The molecular formula is C15H11ClO3S. The third-order valence-electron chi connectivity index (χ3n) is 3.18. The number of para-hydroxylation sites is 1. The van der Waals surface area contributed by atoms with Gasteiger partial charge in [-0.15, -0.1) is 11.6 Å².